The Morgan fingerprint density at radius 1 is 0.744 bits per heavy atom. The molecule has 2 aromatic rings. The van der Waals surface area contributed by atoms with Gasteiger partial charge >= 0.3 is 0 Å². The second kappa shape index (κ2) is 12.0. The molecule has 5 aliphatic rings. The molecule has 4 heterocycles. The lowest BCUT2D eigenvalue weighted by atomic mass is 9.61. The van der Waals surface area contributed by atoms with E-state index in [1.807, 2.05) is 0 Å². The lowest BCUT2D eigenvalue weighted by molar-refractivity contribution is 0.0304. The van der Waals surface area contributed by atoms with Gasteiger partial charge in [0.15, 0.2) is 0 Å². The molecule has 1 saturated carbocycles. The SMILES string of the molecule is CC(N(C)C)N1CCN(CCN2CC3[C@@H](c4ccccc4)CC(N4CCCC4)(C[C@H]3c3ccccc3)C2)CC1. The number of likely N-dealkylation sites (tertiary alicyclic amines) is 1. The molecule has 2 bridgehead atoms. The summed E-state index contributed by atoms with van der Waals surface area (Å²) in [7, 11) is 4.40. The molecule has 0 amide bonds. The van der Waals surface area contributed by atoms with Gasteiger partial charge in [-0.15, -0.1) is 0 Å². The summed E-state index contributed by atoms with van der Waals surface area (Å²) in [4.78, 5) is 13.6. The quantitative estimate of drug-likeness (QED) is 0.494. The number of rotatable bonds is 8. The Labute approximate surface area is 237 Å². The monoisotopic (exact) mass is 529 g/mol. The van der Waals surface area contributed by atoms with E-state index in [4.69, 9.17) is 0 Å². The molecule has 5 atom stereocenters. The molecule has 2 aromatic carbocycles. The van der Waals surface area contributed by atoms with Gasteiger partial charge in [0.2, 0.25) is 0 Å². The van der Waals surface area contributed by atoms with Crippen LogP contribution in [0.2, 0.25) is 0 Å². The highest BCUT2D eigenvalue weighted by Crippen LogP contribution is 2.55. The molecule has 0 spiro atoms. The fraction of sp³-hybridized carbons (Fsp3) is 0.647. The molecule has 5 fully saturated rings. The first-order chi connectivity index (χ1) is 19.0. The van der Waals surface area contributed by atoms with E-state index in [9.17, 15) is 0 Å². The molecule has 5 heteroatoms. The summed E-state index contributed by atoms with van der Waals surface area (Å²) in [5, 5.41) is 0. The van der Waals surface area contributed by atoms with Gasteiger partial charge in [-0.2, -0.15) is 0 Å². The molecule has 1 aliphatic carbocycles. The molecule has 4 saturated heterocycles. The zero-order chi connectivity index (χ0) is 26.8. The van der Waals surface area contributed by atoms with Gasteiger partial charge in [-0.3, -0.25) is 24.5 Å². The summed E-state index contributed by atoms with van der Waals surface area (Å²) < 4.78 is 0. The second-order valence-corrected chi connectivity index (χ2v) is 13.2. The van der Waals surface area contributed by atoms with E-state index in [-0.39, 0.29) is 5.54 Å². The lowest BCUT2D eigenvalue weighted by Crippen LogP contribution is -2.57. The van der Waals surface area contributed by atoms with Gasteiger partial charge in [-0.25, -0.2) is 0 Å². The van der Waals surface area contributed by atoms with Gasteiger partial charge in [0.25, 0.3) is 0 Å². The van der Waals surface area contributed by atoms with Crippen molar-refractivity contribution in [2.45, 2.75) is 56.1 Å². The van der Waals surface area contributed by atoms with Crippen LogP contribution in [0.5, 0.6) is 0 Å². The summed E-state index contributed by atoms with van der Waals surface area (Å²) in [6.45, 7) is 14.6. The summed E-state index contributed by atoms with van der Waals surface area (Å²) in [5.41, 5.74) is 3.42. The van der Waals surface area contributed by atoms with Gasteiger partial charge in [-0.05, 0) is 88.7 Å². The minimum Gasteiger partial charge on any atom is -0.300 e. The maximum Gasteiger partial charge on any atom is 0.0589 e. The first-order valence-corrected chi connectivity index (χ1v) is 15.7. The van der Waals surface area contributed by atoms with E-state index in [1.54, 1.807) is 11.1 Å². The Morgan fingerprint density at radius 2 is 1.28 bits per heavy atom. The molecule has 212 valence electrons. The van der Waals surface area contributed by atoms with Crippen LogP contribution in [0, 0.1) is 5.92 Å². The first-order valence-electron chi connectivity index (χ1n) is 15.7. The summed E-state index contributed by atoms with van der Waals surface area (Å²) in [6, 6.07) is 23.1. The van der Waals surface area contributed by atoms with Crippen molar-refractivity contribution in [2.75, 3.05) is 79.5 Å². The summed E-state index contributed by atoms with van der Waals surface area (Å²) >= 11 is 0. The van der Waals surface area contributed by atoms with Crippen molar-refractivity contribution < 1.29 is 0 Å². The zero-order valence-electron chi connectivity index (χ0n) is 24.7. The summed E-state index contributed by atoms with van der Waals surface area (Å²) in [5.74, 6) is 1.93. The van der Waals surface area contributed by atoms with E-state index >= 15 is 0 Å². The van der Waals surface area contributed by atoms with Gasteiger partial charge in [0.1, 0.15) is 0 Å². The Bertz CT molecular complexity index is 979. The van der Waals surface area contributed by atoms with Crippen LogP contribution in [-0.2, 0) is 0 Å². The number of hydrogen-bond donors (Lipinski definition) is 0. The Kier molecular flexibility index (Phi) is 8.43. The van der Waals surface area contributed by atoms with Gasteiger partial charge < -0.3 is 0 Å². The maximum absolute atomic E-state index is 2.94. The molecule has 7 rings (SSSR count). The minimum atomic E-state index is 0.282. The average Bonchev–Trinajstić information content (AvgIpc) is 3.42. The highest BCUT2D eigenvalue weighted by molar-refractivity contribution is 5.31. The van der Waals surface area contributed by atoms with E-state index < -0.39 is 0 Å². The van der Waals surface area contributed by atoms with Crippen LogP contribution in [0.3, 0.4) is 0 Å². The number of fused-ring (bicyclic) bond motifs is 4. The highest BCUT2D eigenvalue weighted by Gasteiger charge is 2.53. The molecule has 0 aromatic heterocycles. The van der Waals surface area contributed by atoms with Crippen LogP contribution in [0.25, 0.3) is 0 Å². The van der Waals surface area contributed by atoms with Crippen molar-refractivity contribution in [3.8, 4) is 0 Å². The first kappa shape index (κ1) is 27.4. The third-order valence-corrected chi connectivity index (χ3v) is 10.9. The maximum atomic E-state index is 2.94. The number of hydrogen-bond acceptors (Lipinski definition) is 5. The third-order valence-electron chi connectivity index (χ3n) is 10.9. The molecule has 0 N–H and O–H groups in total. The van der Waals surface area contributed by atoms with Crippen molar-refractivity contribution in [1.29, 1.82) is 0 Å². The molecule has 3 unspecified atom stereocenters. The molecule has 4 aliphatic heterocycles. The van der Waals surface area contributed by atoms with Crippen molar-refractivity contribution in [2.24, 2.45) is 5.92 Å². The zero-order valence-corrected chi connectivity index (χ0v) is 24.7. The van der Waals surface area contributed by atoms with Crippen molar-refractivity contribution >= 4 is 0 Å². The Morgan fingerprint density at radius 3 is 1.82 bits per heavy atom. The van der Waals surface area contributed by atoms with Crippen molar-refractivity contribution in [3.63, 3.8) is 0 Å². The van der Waals surface area contributed by atoms with E-state index in [1.165, 1.54) is 91.1 Å². The molecule has 39 heavy (non-hydrogen) atoms. The average molecular weight is 530 g/mol. The van der Waals surface area contributed by atoms with Crippen LogP contribution >= 0.6 is 0 Å². The van der Waals surface area contributed by atoms with Crippen LogP contribution in [0.15, 0.2) is 60.7 Å². The van der Waals surface area contributed by atoms with Crippen molar-refractivity contribution in [3.05, 3.63) is 71.8 Å². The van der Waals surface area contributed by atoms with Crippen LogP contribution in [0.4, 0.5) is 0 Å². The van der Waals surface area contributed by atoms with E-state index in [0.717, 1.165) is 0 Å². The van der Waals surface area contributed by atoms with Crippen LogP contribution in [-0.4, -0.2) is 116 Å². The van der Waals surface area contributed by atoms with E-state index in [2.05, 4.69) is 106 Å². The standard InChI is InChI=1S/C34H51N5/c1-28(35(2)3)38-22-20-36(21-23-38)18-19-37-26-33-31(29-12-6-4-7-13-29)24-34(27-37,39-16-10-11-17-39)25-32(33)30-14-8-5-9-15-30/h4-9,12-15,28,31-33H,10-11,16-27H2,1-3H3/t28?,31-,32+,33?,34?. The van der Waals surface area contributed by atoms with Crippen LogP contribution < -0.4 is 0 Å². The number of piperazine rings is 1. The lowest BCUT2D eigenvalue weighted by Gasteiger charge is -2.51. The van der Waals surface area contributed by atoms with Gasteiger partial charge in [-0.1, -0.05) is 60.7 Å². The van der Waals surface area contributed by atoms with E-state index in [0.29, 0.717) is 23.9 Å². The smallest absolute Gasteiger partial charge is 0.0589 e. The van der Waals surface area contributed by atoms with Crippen molar-refractivity contribution in [1.82, 2.24) is 24.5 Å². The normalized spacial score (nSPS) is 32.1. The summed E-state index contributed by atoms with van der Waals surface area (Å²) in [6.07, 6.45) is 5.91. The Hall–Kier alpha value is -1.76. The van der Waals surface area contributed by atoms with Gasteiger partial charge in [0, 0.05) is 57.9 Å². The fourth-order valence-corrected chi connectivity index (χ4v) is 8.47. The number of benzene rings is 2. The van der Waals surface area contributed by atoms with Gasteiger partial charge in [0.05, 0.1) is 6.17 Å². The van der Waals surface area contributed by atoms with Crippen LogP contribution in [0.1, 0.15) is 55.6 Å². The molecule has 5 nitrogen and oxygen atoms in total. The molecular weight excluding hydrogens is 478 g/mol. The highest BCUT2D eigenvalue weighted by atomic mass is 15.4. The molecule has 0 radical (unpaired) electrons. The Balaban J connectivity index is 1.24. The second-order valence-electron chi connectivity index (χ2n) is 13.2. The predicted octanol–water partition coefficient (Wildman–Crippen LogP) is 4.64. The number of nitrogens with zero attached hydrogens (tertiary/aromatic N) is 5. The fourth-order valence-electron chi connectivity index (χ4n) is 8.47. The molecular formula is C34H51N5. The third kappa shape index (κ3) is 5.85. The minimum absolute atomic E-state index is 0.282. The topological polar surface area (TPSA) is 16.2 Å². The largest absolute Gasteiger partial charge is 0.300 e. The predicted molar refractivity (Wildman–Crippen MR) is 162 cm³/mol.